The summed E-state index contributed by atoms with van der Waals surface area (Å²) in [7, 11) is 1.70. The van der Waals surface area contributed by atoms with Gasteiger partial charge in [0, 0.05) is 43.3 Å². The molecule has 0 saturated heterocycles. The Hall–Kier alpha value is -3.37. The summed E-state index contributed by atoms with van der Waals surface area (Å²) in [4.78, 5) is 8.42. The summed E-state index contributed by atoms with van der Waals surface area (Å²) >= 11 is 0. The van der Waals surface area contributed by atoms with Gasteiger partial charge >= 0.3 is 0 Å². The molecule has 0 amide bonds. The second-order valence-electron chi connectivity index (χ2n) is 6.43. The van der Waals surface area contributed by atoms with Gasteiger partial charge in [0.1, 0.15) is 6.10 Å². The molecule has 28 heavy (non-hydrogen) atoms. The zero-order chi connectivity index (χ0) is 19.8. The van der Waals surface area contributed by atoms with Crippen molar-refractivity contribution < 1.29 is 4.74 Å². The summed E-state index contributed by atoms with van der Waals surface area (Å²) < 4.78 is 5.98. The Bertz CT molecular complexity index is 915. The maximum absolute atomic E-state index is 9.15. The van der Waals surface area contributed by atoms with Crippen LogP contribution in [0.2, 0.25) is 0 Å². The first kappa shape index (κ1) is 19.4. The summed E-state index contributed by atoms with van der Waals surface area (Å²) in [5, 5.41) is 15.9. The predicted molar refractivity (Wildman–Crippen MR) is 111 cm³/mol. The molecule has 1 aliphatic rings. The van der Waals surface area contributed by atoms with E-state index in [1.54, 1.807) is 19.5 Å². The highest BCUT2D eigenvalue weighted by Crippen LogP contribution is 2.29. The first-order chi connectivity index (χ1) is 13.7. The molecule has 1 aromatic carbocycles. The maximum atomic E-state index is 9.15. The fourth-order valence-corrected chi connectivity index (χ4v) is 3.05. The normalized spacial score (nSPS) is 16.1. The molecule has 2 aromatic rings. The first-order valence-corrected chi connectivity index (χ1v) is 9.19. The van der Waals surface area contributed by atoms with Crippen LogP contribution in [0.1, 0.15) is 16.7 Å². The molecule has 0 bridgehead atoms. The number of nitrogens with two attached hydrogens (primary N) is 1. The Labute approximate surface area is 165 Å². The molecule has 1 aliphatic heterocycles. The lowest BCUT2D eigenvalue weighted by atomic mass is 10.1. The van der Waals surface area contributed by atoms with Gasteiger partial charge in [0.2, 0.25) is 5.88 Å². The summed E-state index contributed by atoms with van der Waals surface area (Å²) in [5.74, 6) is 0.585. The molecule has 1 aromatic heterocycles. The van der Waals surface area contributed by atoms with Crippen LogP contribution in [0.5, 0.6) is 5.88 Å². The lowest BCUT2D eigenvalue weighted by Gasteiger charge is -2.27. The third-order valence-electron chi connectivity index (χ3n) is 4.51. The number of nitriles is 1. The molecule has 1 unspecified atom stereocenters. The van der Waals surface area contributed by atoms with Crippen molar-refractivity contribution >= 4 is 17.5 Å². The van der Waals surface area contributed by atoms with Crippen LogP contribution in [0.15, 0.2) is 47.7 Å². The third-order valence-corrected chi connectivity index (χ3v) is 4.51. The summed E-state index contributed by atoms with van der Waals surface area (Å²) in [5.41, 5.74) is 9.98. The molecular weight excluding hydrogens is 352 g/mol. The number of fused-ring (bicyclic) bond motifs is 1. The minimum Gasteiger partial charge on any atom is -0.470 e. The molecule has 0 radical (unpaired) electrons. The highest BCUT2D eigenvalue weighted by Gasteiger charge is 2.20. The van der Waals surface area contributed by atoms with E-state index in [9.17, 15) is 0 Å². The summed E-state index contributed by atoms with van der Waals surface area (Å²) in [6.07, 6.45) is 5.73. The van der Waals surface area contributed by atoms with Crippen molar-refractivity contribution in [2.45, 2.75) is 12.5 Å². The number of nitrogens with zero attached hydrogens (tertiary/aromatic N) is 3. The number of anilines is 1. The van der Waals surface area contributed by atoms with Crippen molar-refractivity contribution in [2.24, 2.45) is 10.7 Å². The van der Waals surface area contributed by atoms with Crippen LogP contribution >= 0.6 is 0 Å². The van der Waals surface area contributed by atoms with E-state index in [2.05, 4.69) is 26.7 Å². The molecule has 144 valence electrons. The van der Waals surface area contributed by atoms with Gasteiger partial charge in [-0.25, -0.2) is 4.98 Å². The van der Waals surface area contributed by atoms with Crippen LogP contribution in [0, 0.1) is 11.3 Å². The molecule has 0 saturated carbocycles. The maximum Gasteiger partial charge on any atom is 0.237 e. The van der Waals surface area contributed by atoms with E-state index in [-0.39, 0.29) is 6.10 Å². The number of rotatable bonds is 7. The van der Waals surface area contributed by atoms with Crippen molar-refractivity contribution in [1.82, 2.24) is 10.3 Å². The number of aliphatic imine (C=N–C) groups is 1. The lowest BCUT2D eigenvalue weighted by molar-refractivity contribution is 0.194. The second kappa shape index (κ2) is 9.53. The fraction of sp³-hybridized carbons (Fsp3) is 0.286. The topological polar surface area (TPSA) is 108 Å². The standard InChI is InChI=1S/C21H24N6O/c1-24-11-18(10-23)17-8-20-21(27-12-17)28-19(14-26-20)13-25-7-6-15-4-2-3-5-16(15)9-22/h2-5,8,10-12,19,25-26H,6-7,13-14,23H2,1H3/b18-10+,24-11?. The van der Waals surface area contributed by atoms with E-state index in [0.29, 0.717) is 19.0 Å². The number of hydrogen-bond acceptors (Lipinski definition) is 7. The minimum absolute atomic E-state index is 0.0150. The quantitative estimate of drug-likeness (QED) is 0.503. The number of pyridine rings is 1. The molecule has 0 aliphatic carbocycles. The van der Waals surface area contributed by atoms with Crippen LogP contribution in [0.3, 0.4) is 0 Å². The molecular formula is C21H24N6O. The van der Waals surface area contributed by atoms with Gasteiger partial charge in [-0.05, 0) is 30.7 Å². The molecule has 3 rings (SSSR count). The number of nitrogens with one attached hydrogen (secondary N) is 2. The van der Waals surface area contributed by atoms with Crippen molar-refractivity contribution in [1.29, 1.82) is 5.26 Å². The number of hydrogen-bond donors (Lipinski definition) is 3. The summed E-state index contributed by atoms with van der Waals surface area (Å²) in [6, 6.07) is 11.9. The van der Waals surface area contributed by atoms with Gasteiger partial charge in [-0.15, -0.1) is 0 Å². The molecule has 0 fully saturated rings. The van der Waals surface area contributed by atoms with Crippen molar-refractivity contribution in [3.63, 3.8) is 0 Å². The van der Waals surface area contributed by atoms with Crippen LogP contribution in [-0.2, 0) is 6.42 Å². The average molecular weight is 376 g/mol. The molecule has 7 heteroatoms. The fourth-order valence-electron chi connectivity index (χ4n) is 3.05. The largest absolute Gasteiger partial charge is 0.470 e. The van der Waals surface area contributed by atoms with E-state index in [1.165, 1.54) is 6.20 Å². The Morgan fingerprint density at radius 3 is 3.14 bits per heavy atom. The Morgan fingerprint density at radius 1 is 1.50 bits per heavy atom. The van der Waals surface area contributed by atoms with Gasteiger partial charge in [-0.1, -0.05) is 18.2 Å². The van der Waals surface area contributed by atoms with Gasteiger partial charge in [0.15, 0.2) is 0 Å². The van der Waals surface area contributed by atoms with Gasteiger partial charge < -0.3 is 21.1 Å². The van der Waals surface area contributed by atoms with E-state index < -0.39 is 0 Å². The third kappa shape index (κ3) is 4.67. The van der Waals surface area contributed by atoms with Crippen molar-refractivity contribution in [2.75, 3.05) is 32.0 Å². The molecule has 2 heterocycles. The Balaban J connectivity index is 1.52. The van der Waals surface area contributed by atoms with E-state index >= 15 is 0 Å². The molecule has 0 spiro atoms. The first-order valence-electron chi connectivity index (χ1n) is 9.19. The van der Waals surface area contributed by atoms with Gasteiger partial charge in [-0.3, -0.25) is 4.99 Å². The SMILES string of the molecule is CN=C/C(=C\N)c1cnc2c(c1)NCC(CNCCc1ccccc1C#N)O2. The van der Waals surface area contributed by atoms with Crippen molar-refractivity contribution in [3.8, 4) is 11.9 Å². The number of aromatic nitrogens is 1. The predicted octanol–water partition coefficient (Wildman–Crippen LogP) is 1.96. The van der Waals surface area contributed by atoms with Crippen LogP contribution in [0.4, 0.5) is 5.69 Å². The van der Waals surface area contributed by atoms with Crippen LogP contribution < -0.4 is 21.1 Å². The van der Waals surface area contributed by atoms with Crippen molar-refractivity contribution in [3.05, 3.63) is 59.4 Å². The minimum atomic E-state index is -0.0150. The molecule has 4 N–H and O–H groups in total. The Morgan fingerprint density at radius 2 is 2.36 bits per heavy atom. The van der Waals surface area contributed by atoms with E-state index in [4.69, 9.17) is 15.7 Å². The molecule has 7 nitrogen and oxygen atoms in total. The second-order valence-corrected chi connectivity index (χ2v) is 6.43. The van der Waals surface area contributed by atoms with E-state index in [1.807, 2.05) is 30.3 Å². The Kier molecular flexibility index (Phi) is 6.60. The number of allylic oxidation sites excluding steroid dienone is 1. The molecule has 1 atom stereocenters. The van der Waals surface area contributed by atoms with Gasteiger partial charge in [-0.2, -0.15) is 5.26 Å². The van der Waals surface area contributed by atoms with Gasteiger partial charge in [0.05, 0.1) is 23.9 Å². The number of ether oxygens (including phenoxy) is 1. The van der Waals surface area contributed by atoms with Crippen LogP contribution in [0.25, 0.3) is 5.57 Å². The van der Waals surface area contributed by atoms with E-state index in [0.717, 1.165) is 40.9 Å². The lowest BCUT2D eigenvalue weighted by Crippen LogP contribution is -2.40. The van der Waals surface area contributed by atoms with Crippen LogP contribution in [-0.4, -0.2) is 44.0 Å². The summed E-state index contributed by atoms with van der Waals surface area (Å²) in [6.45, 7) is 2.16. The van der Waals surface area contributed by atoms with Gasteiger partial charge in [0.25, 0.3) is 0 Å². The zero-order valence-corrected chi connectivity index (χ0v) is 15.9. The highest BCUT2D eigenvalue weighted by molar-refractivity contribution is 6.09. The smallest absolute Gasteiger partial charge is 0.237 e. The average Bonchev–Trinajstić information content (AvgIpc) is 2.75. The number of benzene rings is 1. The monoisotopic (exact) mass is 376 g/mol. The highest BCUT2D eigenvalue weighted by atomic mass is 16.5. The zero-order valence-electron chi connectivity index (χ0n) is 15.9.